The molecule has 0 aliphatic rings. The molecule has 18 heavy (non-hydrogen) atoms. The summed E-state index contributed by atoms with van der Waals surface area (Å²) in [5, 5.41) is 3.34. The minimum atomic E-state index is -0.203. The van der Waals surface area contributed by atoms with Crippen molar-refractivity contribution in [1.29, 1.82) is 0 Å². The lowest BCUT2D eigenvalue weighted by molar-refractivity contribution is 0.554. The average molecular weight is 247 g/mol. The Labute approximate surface area is 107 Å². The number of nitrogens with zero attached hydrogens (tertiary/aromatic N) is 2. The minimum Gasteiger partial charge on any atom is -0.329 e. The first-order valence-electron chi connectivity index (χ1n) is 6.13. The molecule has 3 nitrogen and oxygen atoms in total. The van der Waals surface area contributed by atoms with Crippen LogP contribution in [0.1, 0.15) is 25.2 Å². The van der Waals surface area contributed by atoms with E-state index in [0.29, 0.717) is 6.04 Å². The van der Waals surface area contributed by atoms with E-state index in [9.17, 15) is 4.39 Å². The number of nitrogens with one attached hydrogen (secondary N) is 1. The summed E-state index contributed by atoms with van der Waals surface area (Å²) in [6.07, 6.45) is 3.74. The van der Waals surface area contributed by atoms with E-state index in [1.807, 2.05) is 6.20 Å². The summed E-state index contributed by atoms with van der Waals surface area (Å²) in [7, 11) is 0. The maximum Gasteiger partial charge on any atom is 0.123 e. The number of aromatic nitrogens is 2. The predicted octanol–water partition coefficient (Wildman–Crippen LogP) is 2.57. The van der Waals surface area contributed by atoms with E-state index < -0.39 is 0 Å². The quantitative estimate of drug-likeness (QED) is 0.880. The van der Waals surface area contributed by atoms with E-state index in [1.54, 1.807) is 18.3 Å². The molecule has 0 saturated heterocycles. The topological polar surface area (TPSA) is 29.9 Å². The summed E-state index contributed by atoms with van der Waals surface area (Å²) in [5.74, 6) is 0.791. The standard InChI is InChI=1S/C14H18FN3/c1-11(2)17-9-14-16-7-8-18(14)10-12-3-5-13(15)6-4-12/h3-8,11,17H,9-10H2,1-2H3. The third-order valence-corrected chi connectivity index (χ3v) is 2.74. The summed E-state index contributed by atoms with van der Waals surface area (Å²) in [5.41, 5.74) is 1.07. The molecule has 1 N–H and O–H groups in total. The van der Waals surface area contributed by atoms with Gasteiger partial charge in [0.1, 0.15) is 11.6 Å². The molecule has 0 fully saturated rings. The Morgan fingerprint density at radius 1 is 1.28 bits per heavy atom. The zero-order chi connectivity index (χ0) is 13.0. The van der Waals surface area contributed by atoms with Crippen LogP contribution in [0.2, 0.25) is 0 Å². The maximum absolute atomic E-state index is 12.8. The van der Waals surface area contributed by atoms with Crippen molar-refractivity contribution in [2.75, 3.05) is 0 Å². The summed E-state index contributed by atoms with van der Waals surface area (Å²) in [4.78, 5) is 4.33. The van der Waals surface area contributed by atoms with Crippen LogP contribution in [-0.2, 0) is 13.1 Å². The van der Waals surface area contributed by atoms with Crippen LogP contribution in [-0.4, -0.2) is 15.6 Å². The molecule has 0 radical (unpaired) electrons. The van der Waals surface area contributed by atoms with E-state index >= 15 is 0 Å². The van der Waals surface area contributed by atoms with Crippen LogP contribution >= 0.6 is 0 Å². The van der Waals surface area contributed by atoms with E-state index in [0.717, 1.165) is 24.5 Å². The van der Waals surface area contributed by atoms with E-state index in [1.165, 1.54) is 12.1 Å². The first-order chi connectivity index (χ1) is 8.65. The van der Waals surface area contributed by atoms with Crippen molar-refractivity contribution < 1.29 is 4.39 Å². The van der Waals surface area contributed by atoms with Crippen LogP contribution in [0.25, 0.3) is 0 Å². The number of rotatable bonds is 5. The van der Waals surface area contributed by atoms with Crippen molar-refractivity contribution in [2.45, 2.75) is 33.0 Å². The zero-order valence-electron chi connectivity index (χ0n) is 10.7. The third kappa shape index (κ3) is 3.40. The van der Waals surface area contributed by atoms with Gasteiger partial charge < -0.3 is 9.88 Å². The van der Waals surface area contributed by atoms with Gasteiger partial charge in [0.25, 0.3) is 0 Å². The van der Waals surface area contributed by atoms with Gasteiger partial charge in [-0.15, -0.1) is 0 Å². The zero-order valence-corrected chi connectivity index (χ0v) is 10.7. The predicted molar refractivity (Wildman–Crippen MR) is 69.7 cm³/mol. The van der Waals surface area contributed by atoms with Crippen LogP contribution in [0, 0.1) is 5.82 Å². The number of hydrogen-bond acceptors (Lipinski definition) is 2. The van der Waals surface area contributed by atoms with Gasteiger partial charge in [0.05, 0.1) is 6.54 Å². The summed E-state index contributed by atoms with van der Waals surface area (Å²) in [6.45, 7) is 5.67. The van der Waals surface area contributed by atoms with Crippen LogP contribution in [0.3, 0.4) is 0 Å². The molecular formula is C14H18FN3. The highest BCUT2D eigenvalue weighted by Gasteiger charge is 2.04. The number of benzene rings is 1. The molecule has 2 aromatic rings. The fourth-order valence-corrected chi connectivity index (χ4v) is 1.73. The van der Waals surface area contributed by atoms with E-state index in [2.05, 4.69) is 28.7 Å². The van der Waals surface area contributed by atoms with Crippen LogP contribution in [0.15, 0.2) is 36.7 Å². The second-order valence-electron chi connectivity index (χ2n) is 4.63. The fourth-order valence-electron chi connectivity index (χ4n) is 1.73. The lowest BCUT2D eigenvalue weighted by Gasteiger charge is -2.10. The second kappa shape index (κ2) is 5.78. The normalized spacial score (nSPS) is 11.1. The van der Waals surface area contributed by atoms with E-state index in [4.69, 9.17) is 0 Å². The van der Waals surface area contributed by atoms with Gasteiger partial charge in [-0.3, -0.25) is 0 Å². The molecule has 1 aromatic heterocycles. The van der Waals surface area contributed by atoms with Gasteiger partial charge in [-0.1, -0.05) is 26.0 Å². The van der Waals surface area contributed by atoms with Crippen molar-refractivity contribution in [3.05, 3.63) is 53.9 Å². The van der Waals surface area contributed by atoms with Crippen LogP contribution in [0.4, 0.5) is 4.39 Å². The Kier molecular flexibility index (Phi) is 4.10. The molecule has 0 aliphatic heterocycles. The Morgan fingerprint density at radius 3 is 2.67 bits per heavy atom. The molecule has 1 heterocycles. The molecule has 0 saturated carbocycles. The molecule has 0 unspecified atom stereocenters. The third-order valence-electron chi connectivity index (χ3n) is 2.74. The lowest BCUT2D eigenvalue weighted by Crippen LogP contribution is -2.24. The largest absolute Gasteiger partial charge is 0.329 e. The Balaban J connectivity index is 2.05. The monoisotopic (exact) mass is 247 g/mol. The smallest absolute Gasteiger partial charge is 0.123 e. The fraction of sp³-hybridized carbons (Fsp3) is 0.357. The van der Waals surface area contributed by atoms with Gasteiger partial charge in [-0.25, -0.2) is 9.37 Å². The summed E-state index contributed by atoms with van der Waals surface area (Å²) < 4.78 is 14.9. The van der Waals surface area contributed by atoms with Crippen LogP contribution in [0.5, 0.6) is 0 Å². The average Bonchev–Trinajstić information content (AvgIpc) is 2.77. The van der Waals surface area contributed by atoms with Crippen molar-refractivity contribution >= 4 is 0 Å². The first kappa shape index (κ1) is 12.8. The highest BCUT2D eigenvalue weighted by molar-refractivity contribution is 5.17. The lowest BCUT2D eigenvalue weighted by atomic mass is 10.2. The second-order valence-corrected chi connectivity index (χ2v) is 4.63. The summed E-state index contributed by atoms with van der Waals surface area (Å²) in [6, 6.07) is 7.00. The van der Waals surface area contributed by atoms with Gasteiger partial charge in [0.2, 0.25) is 0 Å². The van der Waals surface area contributed by atoms with Crippen molar-refractivity contribution in [2.24, 2.45) is 0 Å². The number of imidazole rings is 1. The summed E-state index contributed by atoms with van der Waals surface area (Å²) >= 11 is 0. The molecule has 1 aromatic carbocycles. The molecule has 0 amide bonds. The first-order valence-corrected chi connectivity index (χ1v) is 6.13. The van der Waals surface area contributed by atoms with Gasteiger partial charge in [0.15, 0.2) is 0 Å². The molecule has 0 aliphatic carbocycles. The highest BCUT2D eigenvalue weighted by atomic mass is 19.1. The molecule has 4 heteroatoms. The van der Waals surface area contributed by atoms with Crippen LogP contribution < -0.4 is 5.32 Å². The van der Waals surface area contributed by atoms with Gasteiger partial charge in [0, 0.05) is 25.0 Å². The maximum atomic E-state index is 12.8. The molecule has 0 spiro atoms. The Bertz CT molecular complexity index is 488. The molecule has 0 atom stereocenters. The van der Waals surface area contributed by atoms with Gasteiger partial charge >= 0.3 is 0 Å². The van der Waals surface area contributed by atoms with Crippen molar-refractivity contribution in [1.82, 2.24) is 14.9 Å². The number of hydrogen-bond donors (Lipinski definition) is 1. The minimum absolute atomic E-state index is 0.203. The molecule has 96 valence electrons. The Morgan fingerprint density at radius 2 is 2.00 bits per heavy atom. The van der Waals surface area contributed by atoms with Crippen molar-refractivity contribution in [3.63, 3.8) is 0 Å². The van der Waals surface area contributed by atoms with Gasteiger partial charge in [-0.05, 0) is 17.7 Å². The Hall–Kier alpha value is -1.68. The molecule has 2 rings (SSSR count). The number of halogens is 1. The van der Waals surface area contributed by atoms with E-state index in [-0.39, 0.29) is 5.82 Å². The van der Waals surface area contributed by atoms with Crippen molar-refractivity contribution in [3.8, 4) is 0 Å². The SMILES string of the molecule is CC(C)NCc1nccn1Cc1ccc(F)cc1. The molecular weight excluding hydrogens is 229 g/mol. The highest BCUT2D eigenvalue weighted by Crippen LogP contribution is 2.07. The van der Waals surface area contributed by atoms with Gasteiger partial charge in [-0.2, -0.15) is 0 Å². The molecule has 0 bridgehead atoms.